The van der Waals surface area contributed by atoms with Crippen LogP contribution in [-0.2, 0) is 4.74 Å². The second kappa shape index (κ2) is 5.88. The Labute approximate surface area is 130 Å². The van der Waals surface area contributed by atoms with Crippen molar-refractivity contribution < 1.29 is 14.9 Å². The third-order valence-corrected chi connectivity index (χ3v) is 4.54. The lowest BCUT2D eigenvalue weighted by atomic mass is 10.1. The standard InChI is InChI=1S/C12H18N6O3S/c1-2-22-3-5-7(19)8(20)11(21-5)18-4-15-6-9(13)16-12(14)17-10(6)18/h4-5,7-8,11,19-20H,2-3H2,1H3,(H4,13,14,16,17)/t5-,7-,8-,11-/m1/s1. The summed E-state index contributed by atoms with van der Waals surface area (Å²) in [5.74, 6) is 1.67. The molecule has 10 heteroatoms. The lowest BCUT2D eigenvalue weighted by Gasteiger charge is -2.16. The van der Waals surface area contributed by atoms with Gasteiger partial charge in [0.05, 0.1) is 12.4 Å². The van der Waals surface area contributed by atoms with Gasteiger partial charge in [-0.25, -0.2) is 4.98 Å². The molecule has 0 unspecified atom stereocenters. The van der Waals surface area contributed by atoms with Gasteiger partial charge in [-0.1, -0.05) is 6.92 Å². The SMILES string of the molecule is CCSC[C@H]1O[C@@H](n2cnc3c(N)nc(N)nc32)[C@H](O)[C@@H]1O. The predicted molar refractivity (Wildman–Crippen MR) is 83.1 cm³/mol. The zero-order valence-electron chi connectivity index (χ0n) is 12.0. The maximum Gasteiger partial charge on any atom is 0.224 e. The van der Waals surface area contributed by atoms with Crippen LogP contribution in [0.25, 0.3) is 11.2 Å². The fraction of sp³-hybridized carbons (Fsp3) is 0.583. The highest BCUT2D eigenvalue weighted by Gasteiger charge is 2.44. The third-order valence-electron chi connectivity index (χ3n) is 3.56. The molecule has 22 heavy (non-hydrogen) atoms. The number of thioether (sulfide) groups is 1. The molecule has 2 aromatic heterocycles. The van der Waals surface area contributed by atoms with E-state index in [2.05, 4.69) is 15.0 Å². The van der Waals surface area contributed by atoms with Crippen LogP contribution in [0.5, 0.6) is 0 Å². The van der Waals surface area contributed by atoms with Crippen molar-refractivity contribution in [3.8, 4) is 0 Å². The number of ether oxygens (including phenoxy) is 1. The maximum atomic E-state index is 10.3. The first-order valence-electron chi connectivity index (χ1n) is 6.87. The van der Waals surface area contributed by atoms with Crippen molar-refractivity contribution in [1.82, 2.24) is 19.5 Å². The fourth-order valence-electron chi connectivity index (χ4n) is 2.47. The van der Waals surface area contributed by atoms with Crippen LogP contribution in [0.1, 0.15) is 13.2 Å². The summed E-state index contributed by atoms with van der Waals surface area (Å²) < 4.78 is 7.30. The average Bonchev–Trinajstić information content (AvgIpc) is 3.00. The highest BCUT2D eigenvalue weighted by molar-refractivity contribution is 7.99. The molecule has 3 rings (SSSR count). The Balaban J connectivity index is 1.94. The van der Waals surface area contributed by atoms with Crippen LogP contribution in [0.2, 0.25) is 0 Å². The highest BCUT2D eigenvalue weighted by atomic mass is 32.2. The summed E-state index contributed by atoms with van der Waals surface area (Å²) in [6, 6.07) is 0. The number of rotatable bonds is 4. The first-order valence-corrected chi connectivity index (χ1v) is 8.03. The van der Waals surface area contributed by atoms with Crippen LogP contribution in [-0.4, -0.2) is 59.5 Å². The smallest absolute Gasteiger partial charge is 0.224 e. The molecule has 3 heterocycles. The highest BCUT2D eigenvalue weighted by Crippen LogP contribution is 2.33. The summed E-state index contributed by atoms with van der Waals surface area (Å²) in [5, 5.41) is 20.4. The zero-order valence-corrected chi connectivity index (χ0v) is 12.8. The van der Waals surface area contributed by atoms with Gasteiger partial charge in [0.1, 0.15) is 17.7 Å². The number of fused-ring (bicyclic) bond motifs is 1. The molecule has 0 aromatic carbocycles. The normalized spacial score (nSPS) is 28.5. The summed E-state index contributed by atoms with van der Waals surface area (Å²) >= 11 is 1.63. The maximum absolute atomic E-state index is 10.3. The minimum Gasteiger partial charge on any atom is -0.387 e. The molecule has 2 aromatic rings. The van der Waals surface area contributed by atoms with E-state index >= 15 is 0 Å². The van der Waals surface area contributed by atoms with E-state index in [9.17, 15) is 10.2 Å². The molecule has 6 N–H and O–H groups in total. The molecule has 4 atom stereocenters. The minimum absolute atomic E-state index is 0.0119. The Hall–Kier alpha value is -1.62. The van der Waals surface area contributed by atoms with E-state index in [-0.39, 0.29) is 11.8 Å². The average molecular weight is 326 g/mol. The van der Waals surface area contributed by atoms with Crippen molar-refractivity contribution in [2.45, 2.75) is 31.5 Å². The molecular weight excluding hydrogens is 308 g/mol. The third kappa shape index (κ3) is 2.47. The molecule has 1 aliphatic rings. The monoisotopic (exact) mass is 326 g/mol. The Morgan fingerprint density at radius 3 is 2.82 bits per heavy atom. The van der Waals surface area contributed by atoms with Crippen molar-refractivity contribution in [3.05, 3.63) is 6.33 Å². The van der Waals surface area contributed by atoms with Crippen molar-refractivity contribution in [2.24, 2.45) is 0 Å². The van der Waals surface area contributed by atoms with E-state index in [1.165, 1.54) is 10.9 Å². The molecule has 0 radical (unpaired) electrons. The van der Waals surface area contributed by atoms with Crippen molar-refractivity contribution in [2.75, 3.05) is 23.0 Å². The first-order chi connectivity index (χ1) is 10.5. The number of aliphatic hydroxyl groups excluding tert-OH is 2. The summed E-state index contributed by atoms with van der Waals surface area (Å²) in [5.41, 5.74) is 12.1. The van der Waals surface area contributed by atoms with Gasteiger partial charge in [0.15, 0.2) is 17.7 Å². The second-order valence-electron chi connectivity index (χ2n) is 5.00. The Morgan fingerprint density at radius 2 is 2.09 bits per heavy atom. The summed E-state index contributed by atoms with van der Waals surface area (Å²) in [6.07, 6.45) is -1.86. The number of nitrogen functional groups attached to an aromatic ring is 2. The molecular formula is C12H18N6O3S. The van der Waals surface area contributed by atoms with Gasteiger partial charge in [0, 0.05) is 5.75 Å². The van der Waals surface area contributed by atoms with E-state index in [1.807, 2.05) is 6.92 Å². The fourth-order valence-corrected chi connectivity index (χ4v) is 3.22. The van der Waals surface area contributed by atoms with Gasteiger partial charge in [-0.15, -0.1) is 0 Å². The van der Waals surface area contributed by atoms with Crippen LogP contribution >= 0.6 is 11.8 Å². The largest absolute Gasteiger partial charge is 0.387 e. The minimum atomic E-state index is -1.09. The van der Waals surface area contributed by atoms with E-state index in [1.54, 1.807) is 11.8 Å². The van der Waals surface area contributed by atoms with Gasteiger partial charge in [-0.2, -0.15) is 21.7 Å². The number of anilines is 2. The van der Waals surface area contributed by atoms with Gasteiger partial charge in [0.25, 0.3) is 0 Å². The number of imidazole rings is 1. The molecule has 120 valence electrons. The van der Waals surface area contributed by atoms with Crippen LogP contribution in [0.3, 0.4) is 0 Å². The van der Waals surface area contributed by atoms with Gasteiger partial charge in [0.2, 0.25) is 5.95 Å². The van der Waals surface area contributed by atoms with Gasteiger partial charge in [-0.3, -0.25) is 4.57 Å². The lowest BCUT2D eigenvalue weighted by Crippen LogP contribution is -2.32. The number of nitrogens with two attached hydrogens (primary N) is 2. The van der Waals surface area contributed by atoms with E-state index in [0.29, 0.717) is 16.9 Å². The number of nitrogens with zero attached hydrogens (tertiary/aromatic N) is 4. The molecule has 0 amide bonds. The predicted octanol–water partition coefficient (Wildman–Crippen LogP) is -0.637. The number of hydrogen-bond donors (Lipinski definition) is 4. The van der Waals surface area contributed by atoms with Gasteiger partial charge in [-0.05, 0) is 5.75 Å². The number of hydrogen-bond acceptors (Lipinski definition) is 9. The topological polar surface area (TPSA) is 145 Å². The second-order valence-corrected chi connectivity index (χ2v) is 6.32. The molecule has 1 fully saturated rings. The van der Waals surface area contributed by atoms with Crippen molar-refractivity contribution >= 4 is 34.7 Å². The van der Waals surface area contributed by atoms with E-state index in [0.717, 1.165) is 5.75 Å². The molecule has 0 bridgehead atoms. The van der Waals surface area contributed by atoms with Crippen molar-refractivity contribution in [3.63, 3.8) is 0 Å². The van der Waals surface area contributed by atoms with Gasteiger partial charge < -0.3 is 26.4 Å². The first kappa shape index (κ1) is 15.3. The summed E-state index contributed by atoms with van der Waals surface area (Å²) in [7, 11) is 0. The van der Waals surface area contributed by atoms with Crippen LogP contribution < -0.4 is 11.5 Å². The van der Waals surface area contributed by atoms with E-state index in [4.69, 9.17) is 16.2 Å². The lowest BCUT2D eigenvalue weighted by molar-refractivity contribution is -0.0288. The molecule has 0 spiro atoms. The van der Waals surface area contributed by atoms with Crippen LogP contribution in [0.4, 0.5) is 11.8 Å². The molecule has 0 saturated carbocycles. The van der Waals surface area contributed by atoms with Crippen molar-refractivity contribution in [1.29, 1.82) is 0 Å². The molecule has 1 saturated heterocycles. The Bertz CT molecular complexity index is 680. The number of aromatic nitrogens is 4. The Morgan fingerprint density at radius 1 is 1.32 bits per heavy atom. The van der Waals surface area contributed by atoms with Gasteiger partial charge >= 0.3 is 0 Å². The Kier molecular flexibility index (Phi) is 4.08. The van der Waals surface area contributed by atoms with E-state index < -0.39 is 24.5 Å². The zero-order chi connectivity index (χ0) is 15.9. The van der Waals surface area contributed by atoms with Crippen LogP contribution in [0.15, 0.2) is 6.33 Å². The van der Waals surface area contributed by atoms with Crippen LogP contribution in [0, 0.1) is 0 Å². The summed E-state index contributed by atoms with van der Waals surface area (Å²) in [6.45, 7) is 2.02. The molecule has 1 aliphatic heterocycles. The number of aliphatic hydroxyl groups is 2. The molecule has 9 nitrogen and oxygen atoms in total. The summed E-state index contributed by atoms with van der Waals surface area (Å²) in [4.78, 5) is 12.1. The molecule has 0 aliphatic carbocycles. The quantitative estimate of drug-likeness (QED) is 0.576.